The Balaban J connectivity index is 1.52. The van der Waals surface area contributed by atoms with Gasteiger partial charge in [0.05, 0.1) is 0 Å². The Labute approximate surface area is 144 Å². The van der Waals surface area contributed by atoms with Crippen LogP contribution < -0.4 is 0 Å². The predicted octanol–water partition coefficient (Wildman–Crippen LogP) is -0.839. The molecule has 0 saturated carbocycles. The average molecular weight is 452 g/mol. The second-order valence-electron chi connectivity index (χ2n) is 6.32. The second-order valence-corrected chi connectivity index (χ2v) is 20.3. The van der Waals surface area contributed by atoms with Gasteiger partial charge in [0.1, 0.15) is 0 Å². The zero-order valence-corrected chi connectivity index (χ0v) is 17.7. The van der Waals surface area contributed by atoms with Crippen molar-refractivity contribution in [1.29, 1.82) is 0 Å². The van der Waals surface area contributed by atoms with Crippen molar-refractivity contribution in [2.75, 3.05) is 78.9 Å². The summed E-state index contributed by atoms with van der Waals surface area (Å²) in [5, 5.41) is 0. The molecule has 6 heterocycles. The standard InChI is InChI=1S/C13H26Ge2N2O6/c1-7-18-14(19-8-2-16(1)3-9-20-14)13-15-21-10-4-17(5-11-22-15)6-12-23-15/h1-13H2. The molecule has 0 N–H and O–H groups in total. The molecule has 10 heteroatoms. The Morgan fingerprint density at radius 3 is 1.00 bits per heavy atom. The van der Waals surface area contributed by atoms with E-state index in [2.05, 4.69) is 9.80 Å². The summed E-state index contributed by atoms with van der Waals surface area (Å²) in [7, 11) is 0. The Morgan fingerprint density at radius 2 is 0.739 bits per heavy atom. The predicted molar refractivity (Wildman–Crippen MR) is 84.9 cm³/mol. The molecule has 8 nitrogen and oxygen atoms in total. The van der Waals surface area contributed by atoms with Crippen LogP contribution in [-0.2, 0) is 22.6 Å². The fourth-order valence-electron chi connectivity index (χ4n) is 3.47. The normalized spacial score (nSPS) is 45.4. The number of fused-ring (bicyclic) bond motifs is 12. The monoisotopic (exact) mass is 454 g/mol. The van der Waals surface area contributed by atoms with Gasteiger partial charge >= 0.3 is 144 Å². The van der Waals surface area contributed by atoms with Crippen LogP contribution in [0.3, 0.4) is 0 Å². The van der Waals surface area contributed by atoms with Crippen LogP contribution in [0.5, 0.6) is 0 Å². The van der Waals surface area contributed by atoms with Crippen LogP contribution in [-0.4, -0.2) is 117 Å². The van der Waals surface area contributed by atoms with Gasteiger partial charge < -0.3 is 0 Å². The minimum atomic E-state index is -3.38. The van der Waals surface area contributed by atoms with E-state index in [-0.39, 0.29) is 0 Å². The summed E-state index contributed by atoms with van der Waals surface area (Å²) in [5.41, 5.74) is 0. The van der Waals surface area contributed by atoms with Gasteiger partial charge in [0, 0.05) is 0 Å². The molecule has 4 bridgehead atoms. The van der Waals surface area contributed by atoms with E-state index in [1.165, 1.54) is 0 Å². The first kappa shape index (κ1) is 17.2. The van der Waals surface area contributed by atoms with Crippen molar-refractivity contribution in [2.24, 2.45) is 0 Å². The maximum atomic E-state index is 6.20. The van der Waals surface area contributed by atoms with Gasteiger partial charge in [0.2, 0.25) is 0 Å². The average Bonchev–Trinajstić information content (AvgIpc) is 2.41. The van der Waals surface area contributed by atoms with E-state index in [0.717, 1.165) is 39.3 Å². The molecule has 0 spiro atoms. The molecule has 0 unspecified atom stereocenters. The summed E-state index contributed by atoms with van der Waals surface area (Å²) >= 11 is -6.75. The topological polar surface area (TPSA) is 61.9 Å². The van der Waals surface area contributed by atoms with Crippen molar-refractivity contribution >= 4 is 28.6 Å². The van der Waals surface area contributed by atoms with E-state index in [1.807, 2.05) is 0 Å². The van der Waals surface area contributed by atoms with Gasteiger partial charge in [-0.2, -0.15) is 0 Å². The Hall–Kier alpha value is 0.766. The molecule has 23 heavy (non-hydrogen) atoms. The van der Waals surface area contributed by atoms with Gasteiger partial charge in [0.15, 0.2) is 0 Å². The number of rotatable bonds is 2. The number of nitrogens with zero attached hydrogens (tertiary/aromatic N) is 2. The first-order chi connectivity index (χ1) is 11.3. The quantitative estimate of drug-likeness (QED) is 0.504. The van der Waals surface area contributed by atoms with E-state index in [1.54, 1.807) is 0 Å². The van der Waals surface area contributed by atoms with E-state index in [4.69, 9.17) is 22.6 Å². The van der Waals surface area contributed by atoms with Crippen molar-refractivity contribution in [1.82, 2.24) is 9.80 Å². The Morgan fingerprint density at radius 1 is 0.478 bits per heavy atom. The zero-order valence-electron chi connectivity index (χ0n) is 13.5. The molecule has 6 rings (SSSR count). The van der Waals surface area contributed by atoms with Gasteiger partial charge in [-0.05, 0) is 0 Å². The van der Waals surface area contributed by atoms with E-state index in [0.29, 0.717) is 43.7 Å². The van der Waals surface area contributed by atoms with Crippen molar-refractivity contribution in [3.8, 4) is 0 Å². The fraction of sp³-hybridized carbons (Fsp3) is 1.00. The molecular weight excluding hydrogens is 425 g/mol. The molecule has 0 aromatic rings. The molecule has 6 fully saturated rings. The van der Waals surface area contributed by atoms with Gasteiger partial charge in [0.25, 0.3) is 0 Å². The van der Waals surface area contributed by atoms with Crippen LogP contribution in [0.25, 0.3) is 0 Å². The molecular formula is C13H26Ge2N2O6. The molecule has 6 aliphatic heterocycles. The van der Waals surface area contributed by atoms with Crippen LogP contribution in [0, 0.1) is 0 Å². The van der Waals surface area contributed by atoms with Crippen molar-refractivity contribution in [3.05, 3.63) is 0 Å². The van der Waals surface area contributed by atoms with Gasteiger partial charge in [-0.3, -0.25) is 0 Å². The number of hydrogen-bond acceptors (Lipinski definition) is 8. The van der Waals surface area contributed by atoms with Crippen molar-refractivity contribution in [3.63, 3.8) is 0 Å². The molecule has 0 aliphatic carbocycles. The summed E-state index contributed by atoms with van der Waals surface area (Å²) in [6.07, 6.45) is 0. The first-order valence-corrected chi connectivity index (χ1v) is 16.7. The van der Waals surface area contributed by atoms with Crippen molar-refractivity contribution < 1.29 is 22.6 Å². The third kappa shape index (κ3) is 4.13. The van der Waals surface area contributed by atoms with E-state index < -0.39 is 28.6 Å². The first-order valence-electron chi connectivity index (χ1n) is 8.56. The third-order valence-corrected chi connectivity index (χ3v) is 24.2. The van der Waals surface area contributed by atoms with Crippen LogP contribution in [0.4, 0.5) is 0 Å². The van der Waals surface area contributed by atoms with Crippen molar-refractivity contribution in [2.45, 2.75) is 4.09 Å². The summed E-state index contributed by atoms with van der Waals surface area (Å²) in [4.78, 5) is 4.66. The van der Waals surface area contributed by atoms with Crippen LogP contribution >= 0.6 is 0 Å². The molecule has 0 amide bonds. The SMILES string of the molecule is C1CN2CC[O][Ge]([CH2][Ge]34[O]CCN(CC[O]3)CC[O]4)([O]1)[O]CC2. The molecule has 0 aromatic heterocycles. The molecule has 0 atom stereocenters. The summed E-state index contributed by atoms with van der Waals surface area (Å²) in [6, 6.07) is 0. The second kappa shape index (κ2) is 7.56. The molecule has 6 aliphatic rings. The third-order valence-electron chi connectivity index (χ3n) is 4.81. The molecule has 6 saturated heterocycles. The molecule has 0 radical (unpaired) electrons. The van der Waals surface area contributed by atoms with Gasteiger partial charge in [-0.25, -0.2) is 0 Å². The maximum absolute atomic E-state index is 6.20. The van der Waals surface area contributed by atoms with Crippen LogP contribution in [0.2, 0.25) is 4.09 Å². The van der Waals surface area contributed by atoms with Gasteiger partial charge in [-0.15, -0.1) is 0 Å². The van der Waals surface area contributed by atoms with Crippen LogP contribution in [0.15, 0.2) is 0 Å². The Bertz CT molecular complexity index is 329. The molecule has 132 valence electrons. The van der Waals surface area contributed by atoms with E-state index in [9.17, 15) is 0 Å². The summed E-state index contributed by atoms with van der Waals surface area (Å²) in [5.74, 6) is 0. The summed E-state index contributed by atoms with van der Waals surface area (Å²) < 4.78 is 37.8. The van der Waals surface area contributed by atoms with Gasteiger partial charge in [-0.1, -0.05) is 0 Å². The minimum absolute atomic E-state index is 0.639. The van der Waals surface area contributed by atoms with Crippen LogP contribution in [0.1, 0.15) is 0 Å². The zero-order chi connectivity index (χ0) is 15.6. The molecule has 0 aromatic carbocycles. The fourth-order valence-corrected chi connectivity index (χ4v) is 24.4. The Kier molecular flexibility index (Phi) is 5.65. The van der Waals surface area contributed by atoms with E-state index >= 15 is 0 Å². The summed E-state index contributed by atoms with van der Waals surface area (Å²) in [6.45, 7) is 9.77. The number of hydrogen-bond donors (Lipinski definition) is 0.